The number of hydrogen-bond donors (Lipinski definition) is 1. The zero-order valence-electron chi connectivity index (χ0n) is 11.9. The molecule has 1 N–H and O–H groups in total. The molecule has 2 heterocycles. The van der Waals surface area contributed by atoms with Crippen LogP contribution < -0.4 is 4.72 Å². The van der Waals surface area contributed by atoms with Crippen molar-refractivity contribution in [2.24, 2.45) is 0 Å². The molecule has 110 valence electrons. The minimum absolute atomic E-state index is 0.180. The highest BCUT2D eigenvalue weighted by Gasteiger charge is 2.17. The van der Waals surface area contributed by atoms with Crippen LogP contribution in [0.25, 0.3) is 0 Å². The largest absolute Gasteiger partial charge is 0.272 e. The second-order valence-electron chi connectivity index (χ2n) is 4.43. The Bertz CT molecular complexity index is 687. The van der Waals surface area contributed by atoms with Gasteiger partial charge in [-0.3, -0.25) is 9.36 Å². The summed E-state index contributed by atoms with van der Waals surface area (Å²) in [7, 11) is -3.53. The predicted octanol–water partition coefficient (Wildman–Crippen LogP) is 0.906. The van der Waals surface area contributed by atoms with Crippen LogP contribution in [-0.4, -0.2) is 28.0 Å². The van der Waals surface area contributed by atoms with Crippen molar-refractivity contribution in [1.82, 2.24) is 24.3 Å². The van der Waals surface area contributed by atoms with Crippen molar-refractivity contribution in [3.8, 4) is 0 Å². The summed E-state index contributed by atoms with van der Waals surface area (Å²) in [6.07, 6.45) is 4.57. The Morgan fingerprint density at radius 1 is 1.20 bits per heavy atom. The van der Waals surface area contributed by atoms with Crippen LogP contribution in [0, 0.1) is 6.92 Å². The molecule has 0 spiro atoms. The van der Waals surface area contributed by atoms with Gasteiger partial charge in [-0.05, 0) is 20.8 Å². The standard InChI is InChI=1S/C12H19N5O2S/c1-4-16-9-12(8-13-16)20(18,19)15-7-11-6-14-17(5-2)10(11)3/h6,8-9,15H,4-5,7H2,1-3H3. The SMILES string of the molecule is CCn1cc(S(=O)(=O)NCc2cnn(CC)c2C)cn1. The average molecular weight is 297 g/mol. The van der Waals surface area contributed by atoms with E-state index < -0.39 is 10.0 Å². The van der Waals surface area contributed by atoms with E-state index in [2.05, 4.69) is 14.9 Å². The van der Waals surface area contributed by atoms with Crippen molar-refractivity contribution in [2.45, 2.75) is 45.3 Å². The van der Waals surface area contributed by atoms with Crippen LogP contribution in [0.2, 0.25) is 0 Å². The van der Waals surface area contributed by atoms with Gasteiger partial charge in [0.25, 0.3) is 0 Å². The molecule has 0 bridgehead atoms. The summed E-state index contributed by atoms with van der Waals surface area (Å²) in [5.74, 6) is 0. The van der Waals surface area contributed by atoms with Crippen molar-refractivity contribution < 1.29 is 8.42 Å². The molecule has 2 rings (SSSR count). The topological polar surface area (TPSA) is 81.8 Å². The van der Waals surface area contributed by atoms with Gasteiger partial charge in [-0.2, -0.15) is 10.2 Å². The first-order chi connectivity index (χ1) is 9.47. The summed E-state index contributed by atoms with van der Waals surface area (Å²) < 4.78 is 30.2. The average Bonchev–Trinajstić information content (AvgIpc) is 3.03. The van der Waals surface area contributed by atoms with Crippen LogP contribution in [0.15, 0.2) is 23.5 Å². The van der Waals surface area contributed by atoms with E-state index in [0.717, 1.165) is 17.8 Å². The molecule has 0 aliphatic rings. The van der Waals surface area contributed by atoms with E-state index in [1.165, 1.54) is 12.4 Å². The summed E-state index contributed by atoms with van der Waals surface area (Å²) in [6.45, 7) is 7.45. The Balaban J connectivity index is 2.10. The number of aryl methyl sites for hydroxylation is 2. The van der Waals surface area contributed by atoms with Gasteiger partial charge in [-0.15, -0.1) is 0 Å². The molecule has 0 radical (unpaired) electrons. The summed E-state index contributed by atoms with van der Waals surface area (Å²) in [4.78, 5) is 0.180. The number of rotatable bonds is 6. The Kier molecular flexibility index (Phi) is 4.24. The molecule has 0 aromatic carbocycles. The summed E-state index contributed by atoms with van der Waals surface area (Å²) >= 11 is 0. The number of nitrogens with zero attached hydrogens (tertiary/aromatic N) is 4. The first kappa shape index (κ1) is 14.7. The lowest BCUT2D eigenvalue weighted by Gasteiger charge is -2.05. The van der Waals surface area contributed by atoms with E-state index in [9.17, 15) is 8.42 Å². The van der Waals surface area contributed by atoms with Gasteiger partial charge in [0.05, 0.1) is 12.4 Å². The number of aromatic nitrogens is 4. The van der Waals surface area contributed by atoms with Gasteiger partial charge >= 0.3 is 0 Å². The van der Waals surface area contributed by atoms with Gasteiger partial charge in [-0.25, -0.2) is 13.1 Å². The van der Waals surface area contributed by atoms with Crippen molar-refractivity contribution in [1.29, 1.82) is 0 Å². The Hall–Kier alpha value is -1.67. The molecule has 0 saturated heterocycles. The maximum absolute atomic E-state index is 12.1. The Morgan fingerprint density at radius 3 is 2.50 bits per heavy atom. The molecule has 0 unspecified atom stereocenters. The van der Waals surface area contributed by atoms with Gasteiger partial charge in [0, 0.05) is 37.1 Å². The van der Waals surface area contributed by atoms with Gasteiger partial charge in [0.1, 0.15) is 4.90 Å². The highest BCUT2D eigenvalue weighted by molar-refractivity contribution is 7.89. The van der Waals surface area contributed by atoms with Crippen LogP contribution in [0.1, 0.15) is 25.1 Å². The smallest absolute Gasteiger partial charge is 0.243 e. The quantitative estimate of drug-likeness (QED) is 0.859. The first-order valence-corrected chi connectivity index (χ1v) is 7.99. The second kappa shape index (κ2) is 5.76. The van der Waals surface area contributed by atoms with Crippen LogP contribution >= 0.6 is 0 Å². The molecule has 8 heteroatoms. The summed E-state index contributed by atoms with van der Waals surface area (Å²) in [5, 5.41) is 8.16. The van der Waals surface area contributed by atoms with Crippen LogP contribution in [0.4, 0.5) is 0 Å². The number of nitrogens with one attached hydrogen (secondary N) is 1. The highest BCUT2D eigenvalue weighted by Crippen LogP contribution is 2.11. The van der Waals surface area contributed by atoms with E-state index in [0.29, 0.717) is 6.54 Å². The van der Waals surface area contributed by atoms with Crippen molar-refractivity contribution in [2.75, 3.05) is 0 Å². The molecular formula is C12H19N5O2S. The highest BCUT2D eigenvalue weighted by atomic mass is 32.2. The van der Waals surface area contributed by atoms with Gasteiger partial charge in [0.15, 0.2) is 0 Å². The zero-order chi connectivity index (χ0) is 14.8. The van der Waals surface area contributed by atoms with E-state index in [1.807, 2.05) is 25.5 Å². The van der Waals surface area contributed by atoms with Crippen LogP contribution in [0.5, 0.6) is 0 Å². The number of sulfonamides is 1. The Labute approximate surface area is 118 Å². The third-order valence-electron chi connectivity index (χ3n) is 3.20. The fourth-order valence-electron chi connectivity index (χ4n) is 1.89. The molecule has 0 aliphatic heterocycles. The van der Waals surface area contributed by atoms with Gasteiger partial charge < -0.3 is 0 Å². The van der Waals surface area contributed by atoms with Gasteiger partial charge in [0.2, 0.25) is 10.0 Å². The van der Waals surface area contributed by atoms with Crippen molar-refractivity contribution in [3.05, 3.63) is 29.8 Å². The Morgan fingerprint density at radius 2 is 1.95 bits per heavy atom. The lowest BCUT2D eigenvalue weighted by molar-refractivity contribution is 0.580. The molecule has 0 amide bonds. The van der Waals surface area contributed by atoms with E-state index in [-0.39, 0.29) is 11.4 Å². The minimum atomic E-state index is -3.53. The molecule has 0 atom stereocenters. The number of hydrogen-bond acceptors (Lipinski definition) is 4. The lowest BCUT2D eigenvalue weighted by atomic mass is 10.3. The first-order valence-electron chi connectivity index (χ1n) is 6.51. The predicted molar refractivity (Wildman–Crippen MR) is 74.6 cm³/mol. The summed E-state index contributed by atoms with van der Waals surface area (Å²) in [5.41, 5.74) is 1.85. The fraction of sp³-hybridized carbons (Fsp3) is 0.500. The molecule has 2 aromatic heterocycles. The second-order valence-corrected chi connectivity index (χ2v) is 6.19. The minimum Gasteiger partial charge on any atom is -0.272 e. The normalized spacial score (nSPS) is 11.9. The molecule has 0 saturated carbocycles. The molecule has 0 fully saturated rings. The monoisotopic (exact) mass is 297 g/mol. The van der Waals surface area contributed by atoms with Crippen LogP contribution in [-0.2, 0) is 29.7 Å². The maximum Gasteiger partial charge on any atom is 0.243 e. The molecule has 2 aromatic rings. The molecule has 0 aliphatic carbocycles. The lowest BCUT2D eigenvalue weighted by Crippen LogP contribution is -2.23. The maximum atomic E-state index is 12.1. The van der Waals surface area contributed by atoms with E-state index >= 15 is 0 Å². The molecular weight excluding hydrogens is 278 g/mol. The van der Waals surface area contributed by atoms with Crippen molar-refractivity contribution in [3.63, 3.8) is 0 Å². The molecule has 20 heavy (non-hydrogen) atoms. The van der Waals surface area contributed by atoms with Crippen molar-refractivity contribution >= 4 is 10.0 Å². The summed E-state index contributed by atoms with van der Waals surface area (Å²) in [6, 6.07) is 0. The fourth-order valence-corrected chi connectivity index (χ4v) is 2.85. The molecule has 7 nitrogen and oxygen atoms in total. The van der Waals surface area contributed by atoms with E-state index in [4.69, 9.17) is 0 Å². The third kappa shape index (κ3) is 2.91. The van der Waals surface area contributed by atoms with Gasteiger partial charge in [-0.1, -0.05) is 0 Å². The van der Waals surface area contributed by atoms with E-state index in [1.54, 1.807) is 10.9 Å². The third-order valence-corrected chi connectivity index (χ3v) is 4.56. The van der Waals surface area contributed by atoms with Crippen LogP contribution in [0.3, 0.4) is 0 Å². The zero-order valence-corrected chi connectivity index (χ0v) is 12.7.